The van der Waals surface area contributed by atoms with Gasteiger partial charge in [-0.05, 0) is 24.3 Å². The molecule has 2 heterocycles. The lowest BCUT2D eigenvalue weighted by Gasteiger charge is -1.99. The Balaban J connectivity index is 1.95. The summed E-state index contributed by atoms with van der Waals surface area (Å²) in [7, 11) is 0. The fraction of sp³-hybridized carbons (Fsp3) is 0.167. The number of carbonyl (C=O) groups is 1. The molecular formula is C12H10FN3O3. The van der Waals surface area contributed by atoms with Crippen LogP contribution in [0, 0.1) is 5.82 Å². The molecule has 1 aromatic carbocycles. The number of rotatable bonds is 2. The lowest BCUT2D eigenvalue weighted by molar-refractivity contribution is -0.130. The summed E-state index contributed by atoms with van der Waals surface area (Å²) in [5.41, 5.74) is 2.84. The van der Waals surface area contributed by atoms with E-state index in [4.69, 9.17) is 9.94 Å². The molecule has 3 N–H and O–H groups in total. The fourth-order valence-electron chi connectivity index (χ4n) is 1.95. The number of hydrogen-bond acceptors (Lipinski definition) is 4. The lowest BCUT2D eigenvalue weighted by atomic mass is 10.2. The maximum absolute atomic E-state index is 13.1. The van der Waals surface area contributed by atoms with Crippen molar-refractivity contribution < 1.29 is 19.1 Å². The number of hydroxylamine groups is 1. The fourth-order valence-corrected chi connectivity index (χ4v) is 1.95. The molecule has 0 spiro atoms. The van der Waals surface area contributed by atoms with E-state index < -0.39 is 11.9 Å². The maximum atomic E-state index is 13.1. The van der Waals surface area contributed by atoms with Crippen LogP contribution < -0.4 is 5.48 Å². The number of hydrogen-bond donors (Lipinski definition) is 3. The highest BCUT2D eigenvalue weighted by molar-refractivity contribution is 6.00. The van der Waals surface area contributed by atoms with Crippen molar-refractivity contribution in [1.82, 2.24) is 10.5 Å². The van der Waals surface area contributed by atoms with Gasteiger partial charge in [-0.3, -0.25) is 10.0 Å². The molecule has 0 radical (unpaired) electrons. The van der Waals surface area contributed by atoms with Gasteiger partial charge in [-0.1, -0.05) is 0 Å². The van der Waals surface area contributed by atoms with Gasteiger partial charge in [0.2, 0.25) is 5.90 Å². The Kier molecular flexibility index (Phi) is 2.68. The van der Waals surface area contributed by atoms with Crippen molar-refractivity contribution in [3.05, 3.63) is 35.8 Å². The maximum Gasteiger partial charge on any atom is 0.271 e. The predicted octanol–water partition coefficient (Wildman–Crippen LogP) is 0.958. The van der Waals surface area contributed by atoms with Crippen LogP contribution >= 0.6 is 0 Å². The highest BCUT2D eigenvalue weighted by Gasteiger charge is 2.27. The van der Waals surface area contributed by atoms with Crippen molar-refractivity contribution in [2.24, 2.45) is 4.99 Å². The van der Waals surface area contributed by atoms with Crippen molar-refractivity contribution >= 4 is 22.7 Å². The highest BCUT2D eigenvalue weighted by atomic mass is 19.1. The molecule has 1 unspecified atom stereocenters. The molecule has 6 nitrogen and oxygen atoms in total. The number of nitrogens with one attached hydrogen (secondary N) is 2. The van der Waals surface area contributed by atoms with Crippen molar-refractivity contribution in [2.45, 2.75) is 6.04 Å². The third kappa shape index (κ3) is 2.04. The Bertz CT molecular complexity index is 680. The Morgan fingerprint density at radius 1 is 1.53 bits per heavy atom. The number of halogens is 1. The SMILES string of the molecule is O=C(NO)C1COC(c2cc3cc(F)ccc3[nH]2)=N1. The second kappa shape index (κ2) is 4.36. The van der Waals surface area contributed by atoms with Crippen LogP contribution in [0.5, 0.6) is 0 Å². The zero-order valence-corrected chi connectivity index (χ0v) is 9.68. The van der Waals surface area contributed by atoms with E-state index in [9.17, 15) is 9.18 Å². The number of ether oxygens (including phenoxy) is 1. The first-order valence-corrected chi connectivity index (χ1v) is 5.60. The molecule has 0 saturated heterocycles. The molecule has 1 amide bonds. The molecule has 1 aromatic heterocycles. The van der Waals surface area contributed by atoms with E-state index in [1.807, 2.05) is 0 Å². The van der Waals surface area contributed by atoms with E-state index in [2.05, 4.69) is 9.98 Å². The van der Waals surface area contributed by atoms with Gasteiger partial charge in [-0.15, -0.1) is 0 Å². The average Bonchev–Trinajstić information content (AvgIpc) is 3.03. The monoisotopic (exact) mass is 263 g/mol. The largest absolute Gasteiger partial charge is 0.474 e. The van der Waals surface area contributed by atoms with Crippen LogP contribution in [0.4, 0.5) is 4.39 Å². The summed E-state index contributed by atoms with van der Waals surface area (Å²) >= 11 is 0. The molecule has 1 aliphatic rings. The Hall–Kier alpha value is -2.41. The molecule has 2 aromatic rings. The second-order valence-electron chi connectivity index (χ2n) is 4.15. The standard InChI is InChI=1S/C12H10FN3O3/c13-7-1-2-8-6(3-7)4-9(14-8)12-15-10(5-19-12)11(17)16-18/h1-4,10,14,18H,5H2,(H,16,17). The molecule has 98 valence electrons. The number of H-pyrrole nitrogens is 1. The van der Waals surface area contributed by atoms with Gasteiger partial charge in [0.25, 0.3) is 5.91 Å². The summed E-state index contributed by atoms with van der Waals surface area (Å²) in [5, 5.41) is 9.21. The van der Waals surface area contributed by atoms with E-state index >= 15 is 0 Å². The summed E-state index contributed by atoms with van der Waals surface area (Å²) in [6.45, 7) is 0.0610. The molecule has 3 rings (SSSR count). The molecular weight excluding hydrogens is 253 g/mol. The Labute approximate surface area is 106 Å². The van der Waals surface area contributed by atoms with E-state index in [-0.39, 0.29) is 18.3 Å². The first-order chi connectivity index (χ1) is 9.17. The minimum atomic E-state index is -0.775. The quantitative estimate of drug-likeness (QED) is 0.557. The second-order valence-corrected chi connectivity index (χ2v) is 4.15. The van der Waals surface area contributed by atoms with Gasteiger partial charge in [-0.2, -0.15) is 0 Å². The number of nitrogens with zero attached hydrogens (tertiary/aromatic N) is 1. The van der Waals surface area contributed by atoms with Crippen LogP contribution in [0.25, 0.3) is 10.9 Å². The van der Waals surface area contributed by atoms with Gasteiger partial charge in [0.05, 0.1) is 0 Å². The third-order valence-corrected chi connectivity index (χ3v) is 2.88. The van der Waals surface area contributed by atoms with Crippen LogP contribution in [-0.2, 0) is 9.53 Å². The number of aliphatic imine (C=N–C) groups is 1. The molecule has 0 bridgehead atoms. The summed E-state index contributed by atoms with van der Waals surface area (Å²) in [4.78, 5) is 18.3. The minimum absolute atomic E-state index is 0.0610. The van der Waals surface area contributed by atoms with Gasteiger partial charge >= 0.3 is 0 Å². The zero-order chi connectivity index (χ0) is 13.4. The van der Waals surface area contributed by atoms with Gasteiger partial charge in [0.1, 0.15) is 18.1 Å². The van der Waals surface area contributed by atoms with E-state index in [1.54, 1.807) is 12.1 Å². The van der Waals surface area contributed by atoms with Gasteiger partial charge in [-0.25, -0.2) is 14.9 Å². The van der Waals surface area contributed by atoms with E-state index in [0.29, 0.717) is 11.1 Å². The molecule has 19 heavy (non-hydrogen) atoms. The normalized spacial score (nSPS) is 18.2. The van der Waals surface area contributed by atoms with Crippen LogP contribution in [0.3, 0.4) is 0 Å². The number of carbonyl (C=O) groups excluding carboxylic acids is 1. The molecule has 0 aliphatic carbocycles. The topological polar surface area (TPSA) is 86.7 Å². The zero-order valence-electron chi connectivity index (χ0n) is 9.68. The van der Waals surface area contributed by atoms with Crippen molar-refractivity contribution in [3.8, 4) is 0 Å². The average molecular weight is 263 g/mol. The summed E-state index contributed by atoms with van der Waals surface area (Å²) in [6.07, 6.45) is 0. The molecule has 0 fully saturated rings. The van der Waals surface area contributed by atoms with Crippen molar-refractivity contribution in [3.63, 3.8) is 0 Å². The summed E-state index contributed by atoms with van der Waals surface area (Å²) < 4.78 is 18.4. The van der Waals surface area contributed by atoms with Crippen molar-refractivity contribution in [2.75, 3.05) is 6.61 Å². The van der Waals surface area contributed by atoms with Crippen LogP contribution in [0.15, 0.2) is 29.3 Å². The van der Waals surface area contributed by atoms with Crippen LogP contribution in [0.2, 0.25) is 0 Å². The van der Waals surface area contributed by atoms with E-state index in [1.165, 1.54) is 17.6 Å². The van der Waals surface area contributed by atoms with Crippen LogP contribution in [0.1, 0.15) is 5.69 Å². The van der Waals surface area contributed by atoms with E-state index in [0.717, 1.165) is 5.52 Å². The number of fused-ring (bicyclic) bond motifs is 1. The number of aromatic nitrogens is 1. The number of aromatic amines is 1. The first-order valence-electron chi connectivity index (χ1n) is 5.60. The van der Waals surface area contributed by atoms with Gasteiger partial charge in [0, 0.05) is 10.9 Å². The predicted molar refractivity (Wildman–Crippen MR) is 64.5 cm³/mol. The summed E-state index contributed by atoms with van der Waals surface area (Å²) in [6, 6.07) is 5.27. The Morgan fingerprint density at radius 2 is 2.37 bits per heavy atom. The molecule has 1 atom stereocenters. The van der Waals surface area contributed by atoms with Crippen molar-refractivity contribution in [1.29, 1.82) is 0 Å². The smallest absolute Gasteiger partial charge is 0.271 e. The molecule has 1 aliphatic heterocycles. The third-order valence-electron chi connectivity index (χ3n) is 2.88. The van der Waals surface area contributed by atoms with Crippen LogP contribution in [-0.4, -0.2) is 34.6 Å². The summed E-state index contributed by atoms with van der Waals surface area (Å²) in [5.74, 6) is -0.688. The highest BCUT2D eigenvalue weighted by Crippen LogP contribution is 2.19. The van der Waals surface area contributed by atoms with Gasteiger partial charge in [0.15, 0.2) is 6.04 Å². The molecule has 7 heteroatoms. The number of amides is 1. The molecule has 0 saturated carbocycles. The number of benzene rings is 1. The Morgan fingerprint density at radius 3 is 3.16 bits per heavy atom. The first kappa shape index (κ1) is 11.7. The minimum Gasteiger partial charge on any atom is -0.474 e. The van der Waals surface area contributed by atoms with Gasteiger partial charge < -0.3 is 9.72 Å². The lowest BCUT2D eigenvalue weighted by Crippen LogP contribution is -2.31.